The smallest absolute Gasteiger partial charge is 0.0462 e. The Balaban J connectivity index is 2.05. The van der Waals surface area contributed by atoms with E-state index in [9.17, 15) is 0 Å². The Hall–Kier alpha value is -0.380. The number of ether oxygens (including phenoxy) is 1. The highest BCUT2D eigenvalue weighted by Crippen LogP contribution is 2.33. The SMILES string of the molecule is COCCCC1(c2ccc(Br)cc2)CNC1. The molecule has 88 valence electrons. The second-order valence-electron chi connectivity index (χ2n) is 4.49. The van der Waals surface area contributed by atoms with Crippen molar-refractivity contribution in [2.24, 2.45) is 0 Å². The lowest BCUT2D eigenvalue weighted by Crippen LogP contribution is -2.56. The lowest BCUT2D eigenvalue weighted by molar-refractivity contribution is 0.168. The summed E-state index contributed by atoms with van der Waals surface area (Å²) < 4.78 is 6.28. The maximum Gasteiger partial charge on any atom is 0.0462 e. The molecule has 1 N–H and O–H groups in total. The molecule has 0 unspecified atom stereocenters. The third kappa shape index (κ3) is 2.47. The zero-order valence-corrected chi connectivity index (χ0v) is 11.2. The summed E-state index contributed by atoms with van der Waals surface area (Å²) in [7, 11) is 1.77. The van der Waals surface area contributed by atoms with E-state index in [2.05, 4.69) is 45.5 Å². The Labute approximate surface area is 106 Å². The van der Waals surface area contributed by atoms with Crippen LogP contribution in [0.15, 0.2) is 28.7 Å². The van der Waals surface area contributed by atoms with Gasteiger partial charge in [-0.05, 0) is 30.5 Å². The van der Waals surface area contributed by atoms with Crippen LogP contribution >= 0.6 is 15.9 Å². The average molecular weight is 284 g/mol. The summed E-state index contributed by atoms with van der Waals surface area (Å²) in [5, 5.41) is 3.39. The average Bonchev–Trinajstić information content (AvgIpc) is 2.24. The maximum atomic E-state index is 5.13. The van der Waals surface area contributed by atoms with Crippen molar-refractivity contribution in [1.29, 1.82) is 0 Å². The molecule has 3 heteroatoms. The fourth-order valence-corrected chi connectivity index (χ4v) is 2.57. The fourth-order valence-electron chi connectivity index (χ4n) is 2.31. The van der Waals surface area contributed by atoms with Crippen molar-refractivity contribution in [3.05, 3.63) is 34.3 Å². The highest BCUT2D eigenvalue weighted by molar-refractivity contribution is 9.10. The number of rotatable bonds is 5. The summed E-state index contributed by atoms with van der Waals surface area (Å²) in [4.78, 5) is 0. The Kier molecular flexibility index (Phi) is 4.00. The van der Waals surface area contributed by atoms with Gasteiger partial charge in [-0.2, -0.15) is 0 Å². The van der Waals surface area contributed by atoms with E-state index in [1.165, 1.54) is 12.0 Å². The molecule has 0 radical (unpaired) electrons. The van der Waals surface area contributed by atoms with Gasteiger partial charge in [-0.15, -0.1) is 0 Å². The minimum atomic E-state index is 0.346. The van der Waals surface area contributed by atoms with Crippen molar-refractivity contribution in [3.63, 3.8) is 0 Å². The van der Waals surface area contributed by atoms with Gasteiger partial charge < -0.3 is 10.1 Å². The van der Waals surface area contributed by atoms with Crippen molar-refractivity contribution >= 4 is 15.9 Å². The van der Waals surface area contributed by atoms with E-state index >= 15 is 0 Å². The van der Waals surface area contributed by atoms with Crippen molar-refractivity contribution in [2.75, 3.05) is 26.8 Å². The van der Waals surface area contributed by atoms with E-state index in [4.69, 9.17) is 4.74 Å². The van der Waals surface area contributed by atoms with E-state index in [0.717, 1.165) is 30.6 Å². The number of methoxy groups -OCH3 is 1. The summed E-state index contributed by atoms with van der Waals surface area (Å²) in [6.45, 7) is 3.05. The highest BCUT2D eigenvalue weighted by atomic mass is 79.9. The van der Waals surface area contributed by atoms with Crippen LogP contribution in [0, 0.1) is 0 Å². The van der Waals surface area contributed by atoms with Gasteiger partial charge >= 0.3 is 0 Å². The van der Waals surface area contributed by atoms with Gasteiger partial charge in [0.05, 0.1) is 0 Å². The molecule has 0 aliphatic carbocycles. The number of hydrogen-bond acceptors (Lipinski definition) is 2. The molecule has 0 atom stereocenters. The standard InChI is InChI=1S/C13H18BrNO/c1-16-8-2-7-13(9-15-10-13)11-3-5-12(14)6-4-11/h3-6,15H,2,7-10H2,1H3. The Morgan fingerprint density at radius 2 is 2.00 bits per heavy atom. The first-order valence-electron chi connectivity index (χ1n) is 5.73. The molecule has 1 aliphatic heterocycles. The van der Waals surface area contributed by atoms with Crippen LogP contribution < -0.4 is 5.32 Å². The van der Waals surface area contributed by atoms with Gasteiger partial charge in [0.1, 0.15) is 0 Å². The van der Waals surface area contributed by atoms with Gasteiger partial charge in [-0.1, -0.05) is 28.1 Å². The first-order valence-corrected chi connectivity index (χ1v) is 6.52. The van der Waals surface area contributed by atoms with Crippen molar-refractivity contribution in [2.45, 2.75) is 18.3 Å². The van der Waals surface area contributed by atoms with Crippen LogP contribution in [0.25, 0.3) is 0 Å². The fraction of sp³-hybridized carbons (Fsp3) is 0.538. The van der Waals surface area contributed by atoms with Crippen LogP contribution in [-0.4, -0.2) is 26.8 Å². The summed E-state index contributed by atoms with van der Waals surface area (Å²) in [5.41, 5.74) is 1.80. The Morgan fingerprint density at radius 3 is 2.50 bits per heavy atom. The molecular weight excluding hydrogens is 266 g/mol. The molecular formula is C13H18BrNO. The van der Waals surface area contributed by atoms with Gasteiger partial charge in [0.25, 0.3) is 0 Å². The zero-order valence-electron chi connectivity index (χ0n) is 9.63. The number of benzene rings is 1. The molecule has 1 aromatic rings. The van der Waals surface area contributed by atoms with E-state index in [0.29, 0.717) is 5.41 Å². The Bertz CT molecular complexity index is 332. The topological polar surface area (TPSA) is 21.3 Å². The van der Waals surface area contributed by atoms with Crippen molar-refractivity contribution in [3.8, 4) is 0 Å². The minimum Gasteiger partial charge on any atom is -0.385 e. The van der Waals surface area contributed by atoms with Crippen LogP contribution in [0.5, 0.6) is 0 Å². The molecule has 2 rings (SSSR count). The molecule has 0 amide bonds. The monoisotopic (exact) mass is 283 g/mol. The molecule has 0 saturated carbocycles. The lowest BCUT2D eigenvalue weighted by atomic mass is 9.72. The summed E-state index contributed by atoms with van der Waals surface area (Å²) >= 11 is 3.48. The molecule has 1 aromatic carbocycles. The minimum absolute atomic E-state index is 0.346. The van der Waals surface area contributed by atoms with E-state index in [-0.39, 0.29) is 0 Å². The lowest BCUT2D eigenvalue weighted by Gasteiger charge is -2.43. The van der Waals surface area contributed by atoms with Crippen LogP contribution in [0.2, 0.25) is 0 Å². The van der Waals surface area contributed by atoms with Crippen molar-refractivity contribution < 1.29 is 4.74 Å². The van der Waals surface area contributed by atoms with Crippen LogP contribution in [0.3, 0.4) is 0 Å². The largest absolute Gasteiger partial charge is 0.385 e. The van der Waals surface area contributed by atoms with Crippen LogP contribution in [-0.2, 0) is 10.2 Å². The summed E-state index contributed by atoms with van der Waals surface area (Å²) in [6.07, 6.45) is 2.34. The highest BCUT2D eigenvalue weighted by Gasteiger charge is 2.37. The number of hydrogen-bond donors (Lipinski definition) is 1. The van der Waals surface area contributed by atoms with Gasteiger partial charge in [-0.25, -0.2) is 0 Å². The molecule has 1 aliphatic rings. The molecule has 0 aromatic heterocycles. The Morgan fingerprint density at radius 1 is 1.31 bits per heavy atom. The first kappa shape index (κ1) is 12.1. The number of nitrogens with one attached hydrogen (secondary N) is 1. The quantitative estimate of drug-likeness (QED) is 0.839. The predicted molar refractivity (Wildman–Crippen MR) is 69.8 cm³/mol. The first-order chi connectivity index (χ1) is 7.77. The van der Waals surface area contributed by atoms with Crippen LogP contribution in [0.4, 0.5) is 0 Å². The molecule has 16 heavy (non-hydrogen) atoms. The molecule has 1 saturated heterocycles. The summed E-state index contributed by atoms with van der Waals surface area (Å²) in [5.74, 6) is 0. The second kappa shape index (κ2) is 5.30. The van der Waals surface area contributed by atoms with Gasteiger partial charge in [-0.3, -0.25) is 0 Å². The van der Waals surface area contributed by atoms with Gasteiger partial charge in [0.2, 0.25) is 0 Å². The molecule has 0 spiro atoms. The van der Waals surface area contributed by atoms with E-state index in [1.54, 1.807) is 7.11 Å². The maximum absolute atomic E-state index is 5.13. The van der Waals surface area contributed by atoms with E-state index in [1.807, 2.05) is 0 Å². The van der Waals surface area contributed by atoms with E-state index < -0.39 is 0 Å². The molecule has 1 heterocycles. The van der Waals surface area contributed by atoms with Crippen molar-refractivity contribution in [1.82, 2.24) is 5.32 Å². The third-order valence-corrected chi connectivity index (χ3v) is 3.92. The summed E-state index contributed by atoms with van der Waals surface area (Å²) in [6, 6.07) is 8.73. The predicted octanol–water partition coefficient (Wildman–Crippen LogP) is 2.72. The molecule has 0 bridgehead atoms. The van der Waals surface area contributed by atoms with Crippen LogP contribution in [0.1, 0.15) is 18.4 Å². The second-order valence-corrected chi connectivity index (χ2v) is 5.40. The van der Waals surface area contributed by atoms with Gasteiger partial charge in [0, 0.05) is 36.7 Å². The van der Waals surface area contributed by atoms with Gasteiger partial charge in [0.15, 0.2) is 0 Å². The third-order valence-electron chi connectivity index (χ3n) is 3.39. The molecule has 2 nitrogen and oxygen atoms in total. The normalized spacial score (nSPS) is 18.1. The zero-order chi connectivity index (χ0) is 11.4. The molecule has 1 fully saturated rings. The number of halogens is 1.